The summed E-state index contributed by atoms with van der Waals surface area (Å²) in [4.78, 5) is 2.52. The van der Waals surface area contributed by atoms with Crippen molar-refractivity contribution >= 4 is 0 Å². The molecule has 2 aliphatic heterocycles. The molecule has 0 aliphatic carbocycles. The van der Waals surface area contributed by atoms with Crippen molar-refractivity contribution in [2.45, 2.75) is 51.2 Å². The largest absolute Gasteiger partial charge is 0.348 e. The Morgan fingerprint density at radius 2 is 2.00 bits per heavy atom. The Morgan fingerprint density at radius 1 is 1.21 bits per heavy atom. The predicted octanol–water partition coefficient (Wildman–Crippen LogP) is 2.80. The molecule has 0 saturated carbocycles. The molecular formula is C16H23NO2. The van der Waals surface area contributed by atoms with Crippen molar-refractivity contribution in [1.29, 1.82) is 0 Å². The van der Waals surface area contributed by atoms with E-state index in [4.69, 9.17) is 9.47 Å². The number of hydrogen-bond donors (Lipinski definition) is 0. The van der Waals surface area contributed by atoms with Crippen LogP contribution in [0, 0.1) is 0 Å². The van der Waals surface area contributed by atoms with Gasteiger partial charge < -0.3 is 9.47 Å². The third kappa shape index (κ3) is 3.56. The third-order valence-electron chi connectivity index (χ3n) is 3.95. The van der Waals surface area contributed by atoms with Gasteiger partial charge in [-0.25, -0.2) is 0 Å². The highest BCUT2D eigenvalue weighted by Gasteiger charge is 2.37. The third-order valence-corrected chi connectivity index (χ3v) is 3.95. The highest BCUT2D eigenvalue weighted by atomic mass is 16.7. The van der Waals surface area contributed by atoms with Gasteiger partial charge in [0.2, 0.25) is 0 Å². The molecular weight excluding hydrogens is 238 g/mol. The minimum absolute atomic E-state index is 0.286. The molecule has 0 bridgehead atoms. The summed E-state index contributed by atoms with van der Waals surface area (Å²) in [6.45, 7) is 7.04. The zero-order valence-electron chi connectivity index (χ0n) is 11.8. The first-order valence-corrected chi connectivity index (χ1v) is 7.22. The summed E-state index contributed by atoms with van der Waals surface area (Å²) in [5, 5.41) is 0. The maximum Gasteiger partial charge on any atom is 0.163 e. The zero-order valence-corrected chi connectivity index (χ0v) is 11.8. The Balaban J connectivity index is 1.38. The fourth-order valence-electron chi connectivity index (χ4n) is 2.79. The van der Waals surface area contributed by atoms with Gasteiger partial charge in [-0.1, -0.05) is 30.3 Å². The number of rotatable bonds is 5. The molecule has 3 rings (SSSR count). The van der Waals surface area contributed by atoms with Crippen LogP contribution in [0.1, 0.15) is 32.3 Å². The van der Waals surface area contributed by atoms with E-state index in [-0.39, 0.29) is 11.9 Å². The van der Waals surface area contributed by atoms with Crippen LogP contribution in [0.25, 0.3) is 0 Å². The Kier molecular flexibility index (Phi) is 3.61. The lowest BCUT2D eigenvalue weighted by Crippen LogP contribution is -2.21. The summed E-state index contributed by atoms with van der Waals surface area (Å²) in [6.07, 6.45) is 2.62. The van der Waals surface area contributed by atoms with Gasteiger partial charge in [0.1, 0.15) is 0 Å². The number of ether oxygens (including phenoxy) is 2. The molecule has 1 aromatic carbocycles. The average Bonchev–Trinajstić information content (AvgIpc) is 3.02. The van der Waals surface area contributed by atoms with Gasteiger partial charge in [0.15, 0.2) is 5.79 Å². The van der Waals surface area contributed by atoms with Crippen LogP contribution in [-0.2, 0) is 16.0 Å². The molecule has 3 nitrogen and oxygen atoms in total. The van der Waals surface area contributed by atoms with Crippen molar-refractivity contribution < 1.29 is 9.47 Å². The molecule has 0 aromatic heterocycles. The number of nitrogens with zero attached hydrogens (tertiary/aromatic N) is 1. The van der Waals surface area contributed by atoms with Gasteiger partial charge in [0.05, 0.1) is 12.7 Å². The molecule has 2 heterocycles. The molecule has 2 aliphatic rings. The van der Waals surface area contributed by atoms with E-state index in [1.165, 1.54) is 18.5 Å². The van der Waals surface area contributed by atoms with E-state index in [1.54, 1.807) is 0 Å². The van der Waals surface area contributed by atoms with Crippen LogP contribution in [0.15, 0.2) is 30.3 Å². The SMILES string of the molecule is CC1(C)OC[C@H](CC[C@@H]2CN2Cc2ccccc2)O1. The summed E-state index contributed by atoms with van der Waals surface area (Å²) in [6, 6.07) is 11.4. The van der Waals surface area contributed by atoms with E-state index < -0.39 is 0 Å². The number of hydrogen-bond acceptors (Lipinski definition) is 3. The fourth-order valence-corrected chi connectivity index (χ4v) is 2.79. The van der Waals surface area contributed by atoms with Crippen molar-refractivity contribution in [3.63, 3.8) is 0 Å². The zero-order chi connectivity index (χ0) is 13.3. The molecule has 104 valence electrons. The first-order chi connectivity index (χ1) is 9.12. The fraction of sp³-hybridized carbons (Fsp3) is 0.625. The Morgan fingerprint density at radius 3 is 2.68 bits per heavy atom. The van der Waals surface area contributed by atoms with Crippen LogP contribution >= 0.6 is 0 Å². The summed E-state index contributed by atoms with van der Waals surface area (Å²) in [7, 11) is 0. The van der Waals surface area contributed by atoms with Gasteiger partial charge in [0.25, 0.3) is 0 Å². The Bertz CT molecular complexity index is 418. The lowest BCUT2D eigenvalue weighted by molar-refractivity contribution is -0.139. The van der Waals surface area contributed by atoms with Crippen LogP contribution in [0.3, 0.4) is 0 Å². The monoisotopic (exact) mass is 261 g/mol. The van der Waals surface area contributed by atoms with Crippen molar-refractivity contribution in [3.8, 4) is 0 Å². The highest BCUT2D eigenvalue weighted by molar-refractivity contribution is 5.15. The first-order valence-electron chi connectivity index (χ1n) is 7.22. The summed E-state index contributed by atoms with van der Waals surface area (Å²) >= 11 is 0. The molecule has 19 heavy (non-hydrogen) atoms. The van der Waals surface area contributed by atoms with Crippen LogP contribution < -0.4 is 0 Å². The average molecular weight is 261 g/mol. The van der Waals surface area contributed by atoms with Gasteiger partial charge in [-0.05, 0) is 32.3 Å². The topological polar surface area (TPSA) is 21.5 Å². The predicted molar refractivity (Wildman–Crippen MR) is 74.8 cm³/mol. The molecule has 0 radical (unpaired) electrons. The van der Waals surface area contributed by atoms with Crippen molar-refractivity contribution in [3.05, 3.63) is 35.9 Å². The second kappa shape index (κ2) is 5.23. The molecule has 0 spiro atoms. The molecule has 0 N–H and O–H groups in total. The first kappa shape index (κ1) is 13.1. The van der Waals surface area contributed by atoms with E-state index in [0.29, 0.717) is 0 Å². The summed E-state index contributed by atoms with van der Waals surface area (Å²) in [5.74, 6) is -0.377. The van der Waals surface area contributed by atoms with Gasteiger partial charge in [-0.3, -0.25) is 4.90 Å². The van der Waals surface area contributed by atoms with Crippen LogP contribution in [0.5, 0.6) is 0 Å². The van der Waals surface area contributed by atoms with Crippen LogP contribution in [0.4, 0.5) is 0 Å². The smallest absolute Gasteiger partial charge is 0.163 e. The van der Waals surface area contributed by atoms with Gasteiger partial charge in [-0.2, -0.15) is 0 Å². The van der Waals surface area contributed by atoms with Crippen molar-refractivity contribution in [2.75, 3.05) is 13.2 Å². The molecule has 0 amide bonds. The van der Waals surface area contributed by atoms with E-state index >= 15 is 0 Å². The molecule has 2 saturated heterocycles. The van der Waals surface area contributed by atoms with E-state index in [1.807, 2.05) is 13.8 Å². The number of benzene rings is 1. The maximum atomic E-state index is 5.84. The van der Waals surface area contributed by atoms with Gasteiger partial charge >= 0.3 is 0 Å². The van der Waals surface area contributed by atoms with E-state index in [9.17, 15) is 0 Å². The normalized spacial score (nSPS) is 32.4. The van der Waals surface area contributed by atoms with Gasteiger partial charge in [-0.15, -0.1) is 0 Å². The van der Waals surface area contributed by atoms with Crippen LogP contribution in [0.2, 0.25) is 0 Å². The summed E-state index contributed by atoms with van der Waals surface area (Å²) in [5.41, 5.74) is 1.41. The minimum Gasteiger partial charge on any atom is -0.348 e. The van der Waals surface area contributed by atoms with E-state index in [2.05, 4.69) is 35.2 Å². The second-order valence-corrected chi connectivity index (χ2v) is 6.10. The maximum absolute atomic E-state index is 5.84. The van der Waals surface area contributed by atoms with E-state index in [0.717, 1.165) is 25.6 Å². The summed E-state index contributed by atoms with van der Waals surface area (Å²) < 4.78 is 11.4. The lowest BCUT2D eigenvalue weighted by Gasteiger charge is -2.16. The van der Waals surface area contributed by atoms with Crippen molar-refractivity contribution in [1.82, 2.24) is 4.90 Å². The molecule has 1 aromatic rings. The van der Waals surface area contributed by atoms with Gasteiger partial charge in [0, 0.05) is 19.1 Å². The molecule has 1 unspecified atom stereocenters. The van der Waals surface area contributed by atoms with Crippen molar-refractivity contribution in [2.24, 2.45) is 0 Å². The Hall–Kier alpha value is -0.900. The standard InChI is InChI=1S/C16H23NO2/c1-16(2)18-12-15(19-16)9-8-14-11-17(14)10-13-6-4-3-5-7-13/h3-7,14-15H,8-12H2,1-2H3/t14-,15+,17?/m1/s1. The highest BCUT2D eigenvalue weighted by Crippen LogP contribution is 2.29. The second-order valence-electron chi connectivity index (χ2n) is 6.10. The molecule has 3 heteroatoms. The molecule has 2 fully saturated rings. The lowest BCUT2D eigenvalue weighted by atomic mass is 10.1. The quantitative estimate of drug-likeness (QED) is 0.761. The minimum atomic E-state index is -0.377. The molecule has 3 atom stereocenters. The Labute approximate surface area is 115 Å². The van der Waals surface area contributed by atoms with Crippen LogP contribution in [-0.4, -0.2) is 36.0 Å².